The fourth-order valence-corrected chi connectivity index (χ4v) is 4.68. The molecule has 0 radical (unpaired) electrons. The van der Waals surface area contributed by atoms with Crippen LogP contribution in [0.5, 0.6) is 5.75 Å². The lowest BCUT2D eigenvalue weighted by Gasteiger charge is -2.39. The molecule has 7 nitrogen and oxygen atoms in total. The summed E-state index contributed by atoms with van der Waals surface area (Å²) in [7, 11) is 0. The van der Waals surface area contributed by atoms with E-state index in [1.807, 2.05) is 34.1 Å². The number of urea groups is 1. The third-order valence-corrected chi connectivity index (χ3v) is 6.58. The van der Waals surface area contributed by atoms with E-state index in [-0.39, 0.29) is 24.0 Å². The second kappa shape index (κ2) is 9.69. The molecule has 3 amide bonds. The van der Waals surface area contributed by atoms with Crippen molar-refractivity contribution in [1.82, 2.24) is 15.1 Å². The molecule has 0 spiro atoms. The van der Waals surface area contributed by atoms with Crippen LogP contribution in [0.2, 0.25) is 0 Å². The van der Waals surface area contributed by atoms with E-state index in [1.165, 1.54) is 12.8 Å². The number of nitrogens with one attached hydrogen (secondary N) is 1. The summed E-state index contributed by atoms with van der Waals surface area (Å²) < 4.78 is 6.00. The van der Waals surface area contributed by atoms with Crippen LogP contribution in [0.1, 0.15) is 39.0 Å². The van der Waals surface area contributed by atoms with Gasteiger partial charge in [0.2, 0.25) is 5.91 Å². The molecule has 1 atom stereocenters. The van der Waals surface area contributed by atoms with Crippen LogP contribution in [0.3, 0.4) is 0 Å². The van der Waals surface area contributed by atoms with E-state index in [1.54, 1.807) is 0 Å². The third-order valence-electron chi connectivity index (χ3n) is 6.58. The molecular weight excluding hydrogens is 380 g/mol. The Morgan fingerprint density at radius 2 is 1.83 bits per heavy atom. The van der Waals surface area contributed by atoms with Crippen molar-refractivity contribution >= 4 is 17.6 Å². The Morgan fingerprint density at radius 3 is 2.57 bits per heavy atom. The number of hydrogen-bond acceptors (Lipinski definition) is 4. The Bertz CT molecular complexity index is 742. The van der Waals surface area contributed by atoms with E-state index >= 15 is 0 Å². The van der Waals surface area contributed by atoms with Gasteiger partial charge < -0.3 is 19.9 Å². The number of anilines is 1. The maximum Gasteiger partial charge on any atom is 0.324 e. The van der Waals surface area contributed by atoms with Crippen molar-refractivity contribution in [2.24, 2.45) is 5.92 Å². The summed E-state index contributed by atoms with van der Waals surface area (Å²) in [6, 6.07) is 7.77. The van der Waals surface area contributed by atoms with Gasteiger partial charge in [-0.05, 0) is 57.3 Å². The number of rotatable bonds is 5. The molecule has 0 bridgehead atoms. The minimum absolute atomic E-state index is 0.00740. The Balaban J connectivity index is 1.28. The Labute approximate surface area is 179 Å². The number of nitrogens with zero attached hydrogens (tertiary/aromatic N) is 3. The maximum absolute atomic E-state index is 13.3. The monoisotopic (exact) mass is 414 g/mol. The molecule has 7 heteroatoms. The first-order valence-corrected chi connectivity index (χ1v) is 11.5. The minimum Gasteiger partial charge on any atom is -0.486 e. The van der Waals surface area contributed by atoms with Crippen LogP contribution in [0, 0.1) is 5.92 Å². The predicted molar refractivity (Wildman–Crippen MR) is 117 cm³/mol. The SMILES string of the molecule is CCC1CN(C(=O)N2CCC(C(=O)NCCN3CCCC3)CC2)c2ccccc2O1. The normalized spacial score (nSPS) is 22.5. The van der Waals surface area contributed by atoms with E-state index < -0.39 is 0 Å². The summed E-state index contributed by atoms with van der Waals surface area (Å²) in [5, 5.41) is 3.10. The van der Waals surface area contributed by atoms with Crippen molar-refractivity contribution in [3.8, 4) is 5.75 Å². The quantitative estimate of drug-likeness (QED) is 0.805. The predicted octanol–water partition coefficient (Wildman–Crippen LogP) is 2.71. The van der Waals surface area contributed by atoms with Gasteiger partial charge in [0.25, 0.3) is 0 Å². The molecule has 3 aliphatic heterocycles. The first-order chi connectivity index (χ1) is 14.7. The Hall–Kier alpha value is -2.28. The topological polar surface area (TPSA) is 65.1 Å². The molecule has 0 aromatic heterocycles. The molecule has 1 N–H and O–H groups in total. The van der Waals surface area contributed by atoms with Gasteiger partial charge >= 0.3 is 6.03 Å². The lowest BCUT2D eigenvalue weighted by Crippen LogP contribution is -2.52. The van der Waals surface area contributed by atoms with Crippen LogP contribution in [0.4, 0.5) is 10.5 Å². The van der Waals surface area contributed by atoms with Crippen LogP contribution >= 0.6 is 0 Å². The zero-order valence-corrected chi connectivity index (χ0v) is 18.0. The summed E-state index contributed by atoms with van der Waals surface area (Å²) in [5.74, 6) is 0.924. The number of hydrogen-bond donors (Lipinski definition) is 1. The molecule has 30 heavy (non-hydrogen) atoms. The van der Waals surface area contributed by atoms with Crippen molar-refractivity contribution < 1.29 is 14.3 Å². The van der Waals surface area contributed by atoms with Gasteiger partial charge in [0.1, 0.15) is 11.9 Å². The molecule has 164 valence electrons. The summed E-state index contributed by atoms with van der Waals surface area (Å²) in [5.41, 5.74) is 0.842. The van der Waals surface area contributed by atoms with Gasteiger partial charge in [0.15, 0.2) is 0 Å². The van der Waals surface area contributed by atoms with Gasteiger partial charge in [-0.2, -0.15) is 0 Å². The second-order valence-corrected chi connectivity index (χ2v) is 8.61. The van der Waals surface area contributed by atoms with Gasteiger partial charge in [-0.3, -0.25) is 9.69 Å². The molecule has 1 unspecified atom stereocenters. The van der Waals surface area contributed by atoms with Crippen molar-refractivity contribution in [3.63, 3.8) is 0 Å². The highest BCUT2D eigenvalue weighted by molar-refractivity contribution is 5.94. The molecule has 1 aromatic carbocycles. The standard InChI is InChI=1S/C23H34N4O3/c1-2-19-17-27(20-7-3-4-8-21(20)30-19)23(29)26-14-9-18(10-15-26)22(28)24-11-16-25-12-5-6-13-25/h3-4,7-8,18-19H,2,5-6,9-17H2,1H3,(H,24,28). The van der Waals surface area contributed by atoms with Gasteiger partial charge in [0.05, 0.1) is 12.2 Å². The molecule has 2 fully saturated rings. The first kappa shape index (κ1) is 21.0. The molecule has 4 rings (SSSR count). The lowest BCUT2D eigenvalue weighted by molar-refractivity contribution is -0.126. The molecular formula is C23H34N4O3. The van der Waals surface area contributed by atoms with Gasteiger partial charge in [-0.15, -0.1) is 0 Å². The van der Waals surface area contributed by atoms with Crippen molar-refractivity contribution in [1.29, 1.82) is 0 Å². The molecule has 0 saturated carbocycles. The van der Waals surface area contributed by atoms with Crippen LogP contribution in [-0.4, -0.2) is 73.7 Å². The summed E-state index contributed by atoms with van der Waals surface area (Å²) in [6.07, 6.45) is 4.87. The van der Waals surface area contributed by atoms with E-state index in [0.717, 1.165) is 56.9 Å². The van der Waals surface area contributed by atoms with Crippen molar-refractivity contribution in [3.05, 3.63) is 24.3 Å². The maximum atomic E-state index is 13.3. The summed E-state index contributed by atoms with van der Waals surface area (Å²) in [4.78, 5) is 31.9. The molecule has 3 heterocycles. The number of carbonyl (C=O) groups excluding carboxylic acids is 2. The van der Waals surface area contributed by atoms with E-state index in [4.69, 9.17) is 4.74 Å². The highest BCUT2D eigenvalue weighted by Crippen LogP contribution is 2.35. The van der Waals surface area contributed by atoms with Gasteiger partial charge in [-0.1, -0.05) is 19.1 Å². The number of para-hydroxylation sites is 2. The second-order valence-electron chi connectivity index (χ2n) is 8.61. The van der Waals surface area contributed by atoms with Crippen molar-refractivity contribution in [2.45, 2.75) is 45.1 Å². The number of likely N-dealkylation sites (tertiary alicyclic amines) is 2. The van der Waals surface area contributed by atoms with Gasteiger partial charge in [-0.25, -0.2) is 4.79 Å². The molecule has 1 aromatic rings. The summed E-state index contributed by atoms with van der Waals surface area (Å²) in [6.45, 7) is 7.87. The zero-order chi connectivity index (χ0) is 20.9. The number of benzene rings is 1. The third kappa shape index (κ3) is 4.72. The fourth-order valence-electron chi connectivity index (χ4n) is 4.68. The molecule has 0 aliphatic carbocycles. The number of carbonyl (C=O) groups is 2. The zero-order valence-electron chi connectivity index (χ0n) is 18.0. The van der Waals surface area contributed by atoms with Crippen LogP contribution in [-0.2, 0) is 4.79 Å². The Morgan fingerprint density at radius 1 is 1.10 bits per heavy atom. The van der Waals surface area contributed by atoms with E-state index in [0.29, 0.717) is 19.6 Å². The largest absolute Gasteiger partial charge is 0.486 e. The minimum atomic E-state index is 0.00740. The van der Waals surface area contributed by atoms with Crippen LogP contribution < -0.4 is 15.0 Å². The smallest absolute Gasteiger partial charge is 0.324 e. The average Bonchev–Trinajstić information content (AvgIpc) is 3.31. The highest BCUT2D eigenvalue weighted by atomic mass is 16.5. The molecule has 2 saturated heterocycles. The number of amides is 3. The Kier molecular flexibility index (Phi) is 6.77. The number of piperidine rings is 1. The van der Waals surface area contributed by atoms with Crippen LogP contribution in [0.15, 0.2) is 24.3 Å². The molecule has 3 aliphatic rings. The van der Waals surface area contributed by atoms with Gasteiger partial charge in [0, 0.05) is 32.1 Å². The summed E-state index contributed by atoms with van der Waals surface area (Å²) >= 11 is 0. The van der Waals surface area contributed by atoms with E-state index in [9.17, 15) is 9.59 Å². The number of fused-ring (bicyclic) bond motifs is 1. The first-order valence-electron chi connectivity index (χ1n) is 11.5. The highest BCUT2D eigenvalue weighted by Gasteiger charge is 2.34. The van der Waals surface area contributed by atoms with E-state index in [2.05, 4.69) is 17.1 Å². The fraction of sp³-hybridized carbons (Fsp3) is 0.652. The number of ether oxygens (including phenoxy) is 1. The van der Waals surface area contributed by atoms with Crippen molar-refractivity contribution in [2.75, 3.05) is 50.7 Å². The average molecular weight is 415 g/mol. The van der Waals surface area contributed by atoms with Crippen LogP contribution in [0.25, 0.3) is 0 Å². The lowest BCUT2D eigenvalue weighted by atomic mass is 9.96.